The molecule has 0 atom stereocenters. The van der Waals surface area contributed by atoms with E-state index in [1.165, 1.54) is 0 Å². The summed E-state index contributed by atoms with van der Waals surface area (Å²) in [6, 6.07) is 5.64. The van der Waals surface area contributed by atoms with E-state index in [0.29, 0.717) is 12.1 Å². The van der Waals surface area contributed by atoms with Gasteiger partial charge in [-0.3, -0.25) is 4.98 Å². The van der Waals surface area contributed by atoms with Crippen LogP contribution in [0.5, 0.6) is 0 Å². The van der Waals surface area contributed by atoms with Crippen molar-refractivity contribution in [3.63, 3.8) is 0 Å². The van der Waals surface area contributed by atoms with E-state index < -0.39 is 17.5 Å². The number of hydrogen-bond donors (Lipinski definition) is 1. The molecule has 18 heavy (non-hydrogen) atoms. The molecular weight excluding hydrogens is 241 g/mol. The molecule has 1 aromatic carbocycles. The van der Waals surface area contributed by atoms with Crippen molar-refractivity contribution in [2.75, 3.05) is 0 Å². The first-order valence-corrected chi connectivity index (χ1v) is 5.40. The van der Waals surface area contributed by atoms with Crippen LogP contribution in [0.4, 0.5) is 13.2 Å². The smallest absolute Gasteiger partial charge is 0.194 e. The molecule has 5 heteroatoms. The number of nitrogens with zero attached hydrogens (tertiary/aromatic N) is 1. The maximum Gasteiger partial charge on any atom is 0.194 e. The Kier molecular flexibility index (Phi) is 3.94. The summed E-state index contributed by atoms with van der Waals surface area (Å²) in [7, 11) is 0. The van der Waals surface area contributed by atoms with E-state index in [2.05, 4.69) is 10.3 Å². The molecule has 94 valence electrons. The molecule has 0 spiro atoms. The average molecular weight is 252 g/mol. The molecule has 0 unspecified atom stereocenters. The number of halogens is 3. The van der Waals surface area contributed by atoms with E-state index in [1.807, 2.05) is 6.07 Å². The molecule has 0 aliphatic heterocycles. The Bertz CT molecular complexity index is 506. The van der Waals surface area contributed by atoms with Crippen LogP contribution in [-0.2, 0) is 13.1 Å². The first-order valence-electron chi connectivity index (χ1n) is 5.40. The summed E-state index contributed by atoms with van der Waals surface area (Å²) in [4.78, 5) is 3.94. The third-order valence-electron chi connectivity index (χ3n) is 2.42. The fourth-order valence-corrected chi connectivity index (χ4v) is 1.56. The van der Waals surface area contributed by atoms with Crippen LogP contribution >= 0.6 is 0 Å². The molecule has 1 N–H and O–H groups in total. The minimum atomic E-state index is -1.44. The minimum Gasteiger partial charge on any atom is -0.309 e. The normalized spacial score (nSPS) is 10.6. The average Bonchev–Trinajstić information content (AvgIpc) is 2.37. The van der Waals surface area contributed by atoms with Gasteiger partial charge in [-0.25, -0.2) is 13.2 Å². The summed E-state index contributed by atoms with van der Waals surface area (Å²) >= 11 is 0. The van der Waals surface area contributed by atoms with E-state index in [1.54, 1.807) is 18.5 Å². The van der Waals surface area contributed by atoms with Crippen molar-refractivity contribution >= 4 is 0 Å². The fraction of sp³-hybridized carbons (Fsp3) is 0.154. The lowest BCUT2D eigenvalue weighted by Gasteiger charge is -2.06. The van der Waals surface area contributed by atoms with Gasteiger partial charge in [0.1, 0.15) is 0 Å². The summed E-state index contributed by atoms with van der Waals surface area (Å²) in [5.41, 5.74) is 1.32. The van der Waals surface area contributed by atoms with E-state index in [9.17, 15) is 13.2 Å². The summed E-state index contributed by atoms with van der Waals surface area (Å²) < 4.78 is 38.6. The zero-order valence-corrected chi connectivity index (χ0v) is 9.46. The van der Waals surface area contributed by atoms with E-state index in [-0.39, 0.29) is 6.54 Å². The maximum atomic E-state index is 12.9. The highest BCUT2D eigenvalue weighted by Crippen LogP contribution is 2.13. The molecule has 2 nitrogen and oxygen atoms in total. The first-order chi connectivity index (χ1) is 8.66. The lowest BCUT2D eigenvalue weighted by Crippen LogP contribution is -2.13. The minimum absolute atomic E-state index is 0.253. The quantitative estimate of drug-likeness (QED) is 0.846. The first kappa shape index (κ1) is 12.6. The van der Waals surface area contributed by atoms with Crippen LogP contribution in [0.3, 0.4) is 0 Å². The third kappa shape index (κ3) is 3.07. The Balaban J connectivity index is 1.95. The van der Waals surface area contributed by atoms with Crippen LogP contribution in [0.1, 0.15) is 11.1 Å². The maximum absolute atomic E-state index is 12.9. The van der Waals surface area contributed by atoms with Gasteiger partial charge >= 0.3 is 0 Å². The molecule has 0 bridgehead atoms. The Morgan fingerprint density at radius 1 is 1.00 bits per heavy atom. The Morgan fingerprint density at radius 2 is 1.67 bits per heavy atom. The molecule has 0 amide bonds. The molecule has 2 aromatic rings. The number of aromatic nitrogens is 1. The summed E-state index contributed by atoms with van der Waals surface area (Å²) in [6.45, 7) is 0.775. The number of benzene rings is 1. The largest absolute Gasteiger partial charge is 0.309 e. The molecule has 1 heterocycles. The molecule has 0 saturated heterocycles. The van der Waals surface area contributed by atoms with Crippen molar-refractivity contribution in [3.8, 4) is 0 Å². The number of nitrogens with one attached hydrogen (secondary N) is 1. The highest BCUT2D eigenvalue weighted by Gasteiger charge is 2.09. The number of hydrogen-bond acceptors (Lipinski definition) is 2. The zero-order chi connectivity index (χ0) is 13.0. The van der Waals surface area contributed by atoms with Gasteiger partial charge in [0.25, 0.3) is 0 Å². The Labute approximate surface area is 102 Å². The fourth-order valence-electron chi connectivity index (χ4n) is 1.56. The van der Waals surface area contributed by atoms with Crippen LogP contribution < -0.4 is 5.32 Å². The van der Waals surface area contributed by atoms with Gasteiger partial charge in [0, 0.05) is 25.5 Å². The summed E-state index contributed by atoms with van der Waals surface area (Å²) in [6.07, 6.45) is 3.35. The molecule has 0 radical (unpaired) electrons. The van der Waals surface area contributed by atoms with Gasteiger partial charge in [0.05, 0.1) is 0 Å². The Morgan fingerprint density at radius 3 is 2.28 bits per heavy atom. The summed E-state index contributed by atoms with van der Waals surface area (Å²) in [5.74, 6) is -3.78. The van der Waals surface area contributed by atoms with Gasteiger partial charge < -0.3 is 5.32 Å². The lowest BCUT2D eigenvalue weighted by atomic mass is 10.2. The van der Waals surface area contributed by atoms with Gasteiger partial charge in [0.15, 0.2) is 17.5 Å². The van der Waals surface area contributed by atoms with Crippen molar-refractivity contribution in [2.24, 2.45) is 0 Å². The second-order valence-electron chi connectivity index (χ2n) is 3.84. The van der Waals surface area contributed by atoms with Crippen LogP contribution in [-0.4, -0.2) is 4.98 Å². The van der Waals surface area contributed by atoms with Gasteiger partial charge in [-0.1, -0.05) is 6.07 Å². The lowest BCUT2D eigenvalue weighted by molar-refractivity contribution is 0.444. The van der Waals surface area contributed by atoms with Crippen molar-refractivity contribution in [3.05, 3.63) is 65.2 Å². The van der Waals surface area contributed by atoms with Crippen molar-refractivity contribution < 1.29 is 13.2 Å². The van der Waals surface area contributed by atoms with Gasteiger partial charge in [-0.05, 0) is 29.3 Å². The van der Waals surface area contributed by atoms with Gasteiger partial charge in [0.2, 0.25) is 0 Å². The third-order valence-corrected chi connectivity index (χ3v) is 2.42. The second-order valence-corrected chi connectivity index (χ2v) is 3.84. The predicted molar refractivity (Wildman–Crippen MR) is 61.1 cm³/mol. The predicted octanol–water partition coefficient (Wildman–Crippen LogP) is 2.79. The van der Waals surface area contributed by atoms with E-state index in [4.69, 9.17) is 0 Å². The molecule has 0 fully saturated rings. The molecule has 2 rings (SSSR count). The Hall–Kier alpha value is -1.88. The molecule has 1 aromatic heterocycles. The SMILES string of the molecule is Fc1cc(CNCc2cccnc2)cc(F)c1F. The van der Waals surface area contributed by atoms with Crippen LogP contribution in [0.15, 0.2) is 36.7 Å². The standard InChI is InChI=1S/C13H11F3N2/c14-11-4-10(5-12(15)13(11)16)8-18-7-9-2-1-3-17-6-9/h1-6,18H,7-8H2. The summed E-state index contributed by atoms with van der Waals surface area (Å²) in [5, 5.41) is 3.00. The molecular formula is C13H11F3N2. The molecule has 0 saturated carbocycles. The van der Waals surface area contributed by atoms with E-state index >= 15 is 0 Å². The van der Waals surface area contributed by atoms with Gasteiger partial charge in [-0.15, -0.1) is 0 Å². The highest BCUT2D eigenvalue weighted by atomic mass is 19.2. The van der Waals surface area contributed by atoms with Crippen LogP contribution in [0.25, 0.3) is 0 Å². The highest BCUT2D eigenvalue weighted by molar-refractivity contribution is 5.19. The van der Waals surface area contributed by atoms with Crippen molar-refractivity contribution in [1.29, 1.82) is 0 Å². The topological polar surface area (TPSA) is 24.9 Å². The number of pyridine rings is 1. The molecule has 0 aliphatic carbocycles. The molecule has 0 aliphatic rings. The zero-order valence-electron chi connectivity index (χ0n) is 9.46. The van der Waals surface area contributed by atoms with Crippen molar-refractivity contribution in [1.82, 2.24) is 10.3 Å². The van der Waals surface area contributed by atoms with E-state index in [0.717, 1.165) is 17.7 Å². The van der Waals surface area contributed by atoms with Crippen LogP contribution in [0.2, 0.25) is 0 Å². The monoisotopic (exact) mass is 252 g/mol. The van der Waals surface area contributed by atoms with Crippen molar-refractivity contribution in [2.45, 2.75) is 13.1 Å². The second kappa shape index (κ2) is 5.64. The number of rotatable bonds is 4. The van der Waals surface area contributed by atoms with Crippen LogP contribution in [0, 0.1) is 17.5 Å². The van der Waals surface area contributed by atoms with Gasteiger partial charge in [-0.2, -0.15) is 0 Å².